The van der Waals surface area contributed by atoms with Gasteiger partial charge in [0, 0.05) is 10.7 Å². The molecule has 0 heterocycles. The first kappa shape index (κ1) is 18.8. The number of hydrogen-bond acceptors (Lipinski definition) is 2. The molecule has 2 aromatic rings. The minimum Gasteiger partial charge on any atom is -0.483 e. The van der Waals surface area contributed by atoms with Crippen molar-refractivity contribution in [2.24, 2.45) is 0 Å². The predicted octanol–water partition coefficient (Wildman–Crippen LogP) is 5.94. The second-order valence-corrected chi connectivity index (χ2v) is 7.09. The number of ether oxygens (including phenoxy) is 1. The number of anilines is 1. The molecule has 128 valence electrons. The van der Waals surface area contributed by atoms with E-state index in [1.54, 1.807) is 12.1 Å². The molecule has 5 heteroatoms. The van der Waals surface area contributed by atoms with Gasteiger partial charge in [0.1, 0.15) is 5.75 Å². The van der Waals surface area contributed by atoms with Gasteiger partial charge in [0.2, 0.25) is 0 Å². The van der Waals surface area contributed by atoms with Gasteiger partial charge in [0.15, 0.2) is 6.61 Å². The minimum absolute atomic E-state index is 0.0623. The molecular formula is C19H21BrClNO2. The normalized spacial score (nSPS) is 11.9. The van der Waals surface area contributed by atoms with Gasteiger partial charge >= 0.3 is 0 Å². The Morgan fingerprint density at radius 3 is 2.71 bits per heavy atom. The van der Waals surface area contributed by atoms with E-state index in [0.29, 0.717) is 22.4 Å². The second-order valence-electron chi connectivity index (χ2n) is 5.80. The Kier molecular flexibility index (Phi) is 6.69. The van der Waals surface area contributed by atoms with Crippen LogP contribution in [0, 0.1) is 6.92 Å². The summed E-state index contributed by atoms with van der Waals surface area (Å²) in [6, 6.07) is 11.4. The van der Waals surface area contributed by atoms with E-state index >= 15 is 0 Å². The van der Waals surface area contributed by atoms with Crippen LogP contribution < -0.4 is 10.1 Å². The fourth-order valence-electron chi connectivity index (χ4n) is 2.23. The number of aryl methyl sites for hydroxylation is 1. The van der Waals surface area contributed by atoms with E-state index in [9.17, 15) is 4.79 Å². The number of rotatable bonds is 6. The highest BCUT2D eigenvalue weighted by atomic mass is 79.9. The van der Waals surface area contributed by atoms with E-state index in [1.807, 2.05) is 31.2 Å². The van der Waals surface area contributed by atoms with Crippen LogP contribution in [0.15, 0.2) is 40.9 Å². The van der Waals surface area contributed by atoms with Gasteiger partial charge in [-0.05, 0) is 70.6 Å². The van der Waals surface area contributed by atoms with E-state index < -0.39 is 0 Å². The smallest absolute Gasteiger partial charge is 0.262 e. The summed E-state index contributed by atoms with van der Waals surface area (Å²) in [7, 11) is 0. The Hall–Kier alpha value is -1.52. The molecule has 0 aliphatic heterocycles. The molecule has 0 bridgehead atoms. The molecule has 0 radical (unpaired) electrons. The summed E-state index contributed by atoms with van der Waals surface area (Å²) in [6.45, 7) is 6.19. The summed E-state index contributed by atoms with van der Waals surface area (Å²) >= 11 is 9.47. The molecule has 1 unspecified atom stereocenters. The number of halogens is 2. The number of hydrogen-bond donors (Lipinski definition) is 1. The third-order valence-corrected chi connectivity index (χ3v) is 4.82. The van der Waals surface area contributed by atoms with Gasteiger partial charge in [-0.2, -0.15) is 0 Å². The predicted molar refractivity (Wildman–Crippen MR) is 103 cm³/mol. The molecule has 0 fully saturated rings. The fraction of sp³-hybridized carbons (Fsp3) is 0.316. The molecular weight excluding hydrogens is 390 g/mol. The Morgan fingerprint density at radius 1 is 1.29 bits per heavy atom. The molecule has 2 rings (SSSR count). The van der Waals surface area contributed by atoms with Crippen molar-refractivity contribution in [1.29, 1.82) is 0 Å². The van der Waals surface area contributed by atoms with Crippen LogP contribution in [0.25, 0.3) is 0 Å². The third-order valence-electron chi connectivity index (χ3n) is 3.97. The molecule has 0 aromatic heterocycles. The zero-order chi connectivity index (χ0) is 17.7. The van der Waals surface area contributed by atoms with E-state index in [4.69, 9.17) is 16.3 Å². The summed E-state index contributed by atoms with van der Waals surface area (Å²) in [5, 5.41) is 3.40. The van der Waals surface area contributed by atoms with Gasteiger partial charge in [0.25, 0.3) is 5.91 Å². The van der Waals surface area contributed by atoms with Crippen LogP contribution in [-0.2, 0) is 4.79 Å². The van der Waals surface area contributed by atoms with Crippen molar-refractivity contribution in [3.8, 4) is 5.75 Å². The number of carbonyl (C=O) groups is 1. The zero-order valence-electron chi connectivity index (χ0n) is 14.0. The lowest BCUT2D eigenvalue weighted by atomic mass is 9.99. The Labute approximate surface area is 156 Å². The van der Waals surface area contributed by atoms with Crippen molar-refractivity contribution in [2.75, 3.05) is 11.9 Å². The number of benzene rings is 2. The summed E-state index contributed by atoms with van der Waals surface area (Å²) in [5.41, 5.74) is 2.89. The van der Waals surface area contributed by atoms with Crippen LogP contribution in [0.2, 0.25) is 5.02 Å². The monoisotopic (exact) mass is 409 g/mol. The lowest BCUT2D eigenvalue weighted by molar-refractivity contribution is -0.118. The molecule has 0 saturated carbocycles. The number of amides is 1. The lowest BCUT2D eigenvalue weighted by Gasteiger charge is -2.13. The highest BCUT2D eigenvalue weighted by molar-refractivity contribution is 9.10. The molecule has 1 N–H and O–H groups in total. The van der Waals surface area contributed by atoms with Crippen LogP contribution in [-0.4, -0.2) is 12.5 Å². The van der Waals surface area contributed by atoms with E-state index in [0.717, 1.165) is 16.5 Å². The standard InChI is InChI=1S/C19H21BrClNO2/c1-4-12(2)14-6-8-18(16(20)9-14)24-11-19(23)22-17-10-15(21)7-5-13(17)3/h5-10,12H,4,11H2,1-3H3,(H,22,23). The van der Waals surface area contributed by atoms with Gasteiger partial charge in [0.05, 0.1) is 4.47 Å². The minimum atomic E-state index is -0.224. The fourth-order valence-corrected chi connectivity index (χ4v) is 2.92. The maximum atomic E-state index is 12.1. The SMILES string of the molecule is CCC(C)c1ccc(OCC(=O)Nc2cc(Cl)ccc2C)c(Br)c1. The molecule has 3 nitrogen and oxygen atoms in total. The molecule has 0 aliphatic carbocycles. The molecule has 0 spiro atoms. The van der Waals surface area contributed by atoms with Crippen molar-refractivity contribution in [3.63, 3.8) is 0 Å². The lowest BCUT2D eigenvalue weighted by Crippen LogP contribution is -2.20. The van der Waals surface area contributed by atoms with Crippen LogP contribution >= 0.6 is 27.5 Å². The first-order valence-corrected chi connectivity index (χ1v) is 9.06. The van der Waals surface area contributed by atoms with Gasteiger partial charge in [-0.3, -0.25) is 4.79 Å². The van der Waals surface area contributed by atoms with Crippen molar-refractivity contribution in [2.45, 2.75) is 33.1 Å². The van der Waals surface area contributed by atoms with Crippen LogP contribution in [0.1, 0.15) is 37.3 Å². The summed E-state index contributed by atoms with van der Waals surface area (Å²) in [6.07, 6.45) is 1.08. The highest BCUT2D eigenvalue weighted by Crippen LogP contribution is 2.30. The maximum Gasteiger partial charge on any atom is 0.262 e. The molecule has 0 saturated heterocycles. The Bertz CT molecular complexity index is 733. The summed E-state index contributed by atoms with van der Waals surface area (Å²) in [4.78, 5) is 12.1. The maximum absolute atomic E-state index is 12.1. The summed E-state index contributed by atoms with van der Waals surface area (Å²) in [5.74, 6) is 0.919. The van der Waals surface area contributed by atoms with Crippen LogP contribution in [0.3, 0.4) is 0 Å². The molecule has 2 aromatic carbocycles. The van der Waals surface area contributed by atoms with Crippen molar-refractivity contribution < 1.29 is 9.53 Å². The molecule has 0 aliphatic rings. The quantitative estimate of drug-likeness (QED) is 0.640. The van der Waals surface area contributed by atoms with E-state index in [2.05, 4.69) is 35.1 Å². The van der Waals surface area contributed by atoms with Gasteiger partial charge in [-0.15, -0.1) is 0 Å². The van der Waals surface area contributed by atoms with Crippen molar-refractivity contribution in [3.05, 3.63) is 57.0 Å². The average molecular weight is 411 g/mol. The second kappa shape index (κ2) is 8.54. The Morgan fingerprint density at radius 2 is 2.04 bits per heavy atom. The van der Waals surface area contributed by atoms with Gasteiger partial charge in [-0.1, -0.05) is 37.6 Å². The van der Waals surface area contributed by atoms with E-state index in [1.165, 1.54) is 5.56 Å². The highest BCUT2D eigenvalue weighted by Gasteiger charge is 2.10. The van der Waals surface area contributed by atoms with Crippen LogP contribution in [0.5, 0.6) is 5.75 Å². The topological polar surface area (TPSA) is 38.3 Å². The third kappa shape index (κ3) is 4.99. The average Bonchev–Trinajstić information content (AvgIpc) is 2.56. The summed E-state index contributed by atoms with van der Waals surface area (Å²) < 4.78 is 6.47. The van der Waals surface area contributed by atoms with Gasteiger partial charge in [-0.25, -0.2) is 0 Å². The molecule has 1 atom stereocenters. The number of carbonyl (C=O) groups excluding carboxylic acids is 1. The first-order valence-electron chi connectivity index (χ1n) is 7.89. The van der Waals surface area contributed by atoms with Crippen molar-refractivity contribution >= 4 is 39.1 Å². The number of nitrogens with one attached hydrogen (secondary N) is 1. The van der Waals surface area contributed by atoms with Crippen molar-refractivity contribution in [1.82, 2.24) is 0 Å². The molecule has 1 amide bonds. The van der Waals surface area contributed by atoms with Gasteiger partial charge < -0.3 is 10.1 Å². The zero-order valence-corrected chi connectivity index (χ0v) is 16.4. The van der Waals surface area contributed by atoms with E-state index in [-0.39, 0.29) is 12.5 Å². The first-order chi connectivity index (χ1) is 11.4. The Balaban J connectivity index is 1.98. The molecule has 24 heavy (non-hydrogen) atoms. The van der Waals surface area contributed by atoms with Crippen LogP contribution in [0.4, 0.5) is 5.69 Å². The largest absolute Gasteiger partial charge is 0.483 e.